The van der Waals surface area contributed by atoms with Crippen LogP contribution >= 0.6 is 12.6 Å². The predicted octanol–water partition coefficient (Wildman–Crippen LogP) is 0.868. The van der Waals surface area contributed by atoms with Gasteiger partial charge in [-0.3, -0.25) is 4.79 Å². The van der Waals surface area contributed by atoms with Crippen molar-refractivity contribution in [3.05, 3.63) is 0 Å². The second kappa shape index (κ2) is 4.97. The Balaban J connectivity index is 3.03. The van der Waals surface area contributed by atoms with E-state index in [2.05, 4.69) is 17.4 Å². The van der Waals surface area contributed by atoms with E-state index in [9.17, 15) is 4.79 Å². The van der Waals surface area contributed by atoms with Gasteiger partial charge >= 0.3 is 0 Å². The van der Waals surface area contributed by atoms with Crippen LogP contribution in [0.5, 0.6) is 0 Å². The average Bonchev–Trinajstić information content (AvgIpc) is 1.68. The Bertz CT molecular complexity index is 65.4. The van der Waals surface area contributed by atoms with E-state index in [1.54, 1.807) is 0 Å². The summed E-state index contributed by atoms with van der Waals surface area (Å²) < 4.78 is 4.55. The van der Waals surface area contributed by atoms with Crippen molar-refractivity contribution in [3.63, 3.8) is 0 Å². The highest BCUT2D eigenvalue weighted by molar-refractivity contribution is 7.80. The lowest BCUT2D eigenvalue weighted by Gasteiger charge is -2.04. The lowest BCUT2D eigenvalue weighted by Crippen LogP contribution is -2.06. The number of thiol groups is 1. The quantitative estimate of drug-likeness (QED) is 0.456. The Labute approximate surface area is 54.6 Å². The summed E-state index contributed by atoms with van der Waals surface area (Å²) >= 11 is 3.96. The molecule has 0 saturated heterocycles. The second-order valence-electron chi connectivity index (χ2n) is 1.56. The van der Waals surface area contributed by atoms with Crippen LogP contribution in [-0.4, -0.2) is 18.3 Å². The van der Waals surface area contributed by atoms with Gasteiger partial charge in [0, 0.05) is 0 Å². The first-order valence-corrected chi connectivity index (χ1v) is 3.14. The number of carbonyl (C=O) groups is 1. The van der Waals surface area contributed by atoms with Gasteiger partial charge in [-0.1, -0.05) is 0 Å². The fraction of sp³-hybridized carbons (Fsp3) is 0.800. The summed E-state index contributed by atoms with van der Waals surface area (Å²) in [4.78, 5) is 9.64. The molecule has 8 heavy (non-hydrogen) atoms. The highest BCUT2D eigenvalue weighted by atomic mass is 32.1. The number of carbonyl (C=O) groups excluding carboxylic acids is 1. The fourth-order valence-electron chi connectivity index (χ4n) is 0.345. The number of hydrogen-bond donors (Lipinski definition) is 1. The normalized spacial score (nSPS) is 12.8. The first-order valence-electron chi connectivity index (χ1n) is 2.51. The van der Waals surface area contributed by atoms with Crippen molar-refractivity contribution in [3.8, 4) is 0 Å². The van der Waals surface area contributed by atoms with Crippen LogP contribution in [-0.2, 0) is 9.53 Å². The van der Waals surface area contributed by atoms with Crippen molar-refractivity contribution >= 4 is 19.1 Å². The van der Waals surface area contributed by atoms with E-state index < -0.39 is 0 Å². The standard InChI is InChI=1S/C5H10O2S/c1-5(2-3-8)7-4-6/h4-5,8H,2-3H2,1H3. The van der Waals surface area contributed by atoms with E-state index in [0.717, 1.165) is 12.2 Å². The van der Waals surface area contributed by atoms with Crippen LogP contribution < -0.4 is 0 Å². The van der Waals surface area contributed by atoms with Gasteiger partial charge in [0.2, 0.25) is 0 Å². The van der Waals surface area contributed by atoms with Gasteiger partial charge in [0.05, 0.1) is 6.10 Å². The number of hydrogen-bond acceptors (Lipinski definition) is 3. The molecule has 0 amide bonds. The third-order valence-corrected chi connectivity index (χ3v) is 1.08. The maximum absolute atomic E-state index is 9.64. The highest BCUT2D eigenvalue weighted by Gasteiger charge is 1.96. The zero-order chi connectivity index (χ0) is 6.41. The molecule has 2 nitrogen and oxygen atoms in total. The van der Waals surface area contributed by atoms with Crippen molar-refractivity contribution in [1.82, 2.24) is 0 Å². The Kier molecular flexibility index (Phi) is 4.85. The van der Waals surface area contributed by atoms with Crippen LogP contribution in [0.2, 0.25) is 0 Å². The summed E-state index contributed by atoms with van der Waals surface area (Å²) in [6, 6.07) is 0. The summed E-state index contributed by atoms with van der Waals surface area (Å²) in [5, 5.41) is 0. The summed E-state index contributed by atoms with van der Waals surface area (Å²) in [5.74, 6) is 0.759. The third-order valence-electron chi connectivity index (χ3n) is 0.823. The van der Waals surface area contributed by atoms with Gasteiger partial charge in [0.25, 0.3) is 6.47 Å². The number of ether oxygens (including phenoxy) is 1. The monoisotopic (exact) mass is 134 g/mol. The third kappa shape index (κ3) is 3.99. The zero-order valence-electron chi connectivity index (χ0n) is 4.83. The molecule has 0 aromatic heterocycles. The van der Waals surface area contributed by atoms with Crippen molar-refractivity contribution in [2.24, 2.45) is 0 Å². The first-order chi connectivity index (χ1) is 3.81. The molecular formula is C5H10O2S. The maximum atomic E-state index is 9.64. The molecule has 0 radical (unpaired) electrons. The van der Waals surface area contributed by atoms with Crippen molar-refractivity contribution < 1.29 is 9.53 Å². The van der Waals surface area contributed by atoms with Crippen molar-refractivity contribution in [2.45, 2.75) is 19.4 Å². The molecule has 0 aliphatic rings. The van der Waals surface area contributed by atoms with Crippen LogP contribution in [0.15, 0.2) is 0 Å². The van der Waals surface area contributed by atoms with E-state index in [-0.39, 0.29) is 6.10 Å². The Hall–Kier alpha value is -0.180. The van der Waals surface area contributed by atoms with E-state index in [1.807, 2.05) is 6.92 Å². The van der Waals surface area contributed by atoms with Crippen molar-refractivity contribution in [1.29, 1.82) is 0 Å². The second-order valence-corrected chi connectivity index (χ2v) is 2.00. The Morgan fingerprint density at radius 1 is 1.88 bits per heavy atom. The van der Waals surface area contributed by atoms with E-state index >= 15 is 0 Å². The fourth-order valence-corrected chi connectivity index (χ4v) is 0.708. The van der Waals surface area contributed by atoms with Gasteiger partial charge in [-0.25, -0.2) is 0 Å². The predicted molar refractivity (Wildman–Crippen MR) is 35.1 cm³/mol. The molecule has 48 valence electrons. The topological polar surface area (TPSA) is 26.3 Å². The molecule has 0 rings (SSSR count). The molecule has 0 saturated carbocycles. The summed E-state index contributed by atoms with van der Waals surface area (Å²) in [6.07, 6.45) is 0.840. The summed E-state index contributed by atoms with van der Waals surface area (Å²) in [7, 11) is 0. The van der Waals surface area contributed by atoms with Gasteiger partial charge in [-0.15, -0.1) is 0 Å². The Morgan fingerprint density at radius 2 is 2.50 bits per heavy atom. The van der Waals surface area contributed by atoms with E-state index in [4.69, 9.17) is 0 Å². The first kappa shape index (κ1) is 7.82. The van der Waals surface area contributed by atoms with E-state index in [1.165, 1.54) is 0 Å². The smallest absolute Gasteiger partial charge is 0.293 e. The zero-order valence-corrected chi connectivity index (χ0v) is 5.73. The van der Waals surface area contributed by atoms with E-state index in [0.29, 0.717) is 6.47 Å². The molecule has 0 aliphatic heterocycles. The molecule has 0 aromatic carbocycles. The molecule has 0 heterocycles. The van der Waals surface area contributed by atoms with Gasteiger partial charge in [-0.2, -0.15) is 12.6 Å². The molecule has 0 aromatic rings. The minimum absolute atomic E-state index is 0.0185. The molecule has 0 aliphatic carbocycles. The maximum Gasteiger partial charge on any atom is 0.293 e. The molecular weight excluding hydrogens is 124 g/mol. The molecule has 1 atom stereocenters. The molecule has 0 fully saturated rings. The van der Waals surface area contributed by atoms with Crippen LogP contribution in [0.3, 0.4) is 0 Å². The lowest BCUT2D eigenvalue weighted by molar-refractivity contribution is -0.132. The highest BCUT2D eigenvalue weighted by Crippen LogP contribution is 1.95. The molecule has 0 bridgehead atoms. The minimum Gasteiger partial charge on any atom is -0.465 e. The lowest BCUT2D eigenvalue weighted by atomic mass is 10.3. The van der Waals surface area contributed by atoms with Gasteiger partial charge in [0.15, 0.2) is 0 Å². The van der Waals surface area contributed by atoms with Crippen LogP contribution in [0.1, 0.15) is 13.3 Å². The SMILES string of the molecule is CC(CCS)OC=O. The van der Waals surface area contributed by atoms with Crippen molar-refractivity contribution in [2.75, 3.05) is 5.75 Å². The van der Waals surface area contributed by atoms with Gasteiger partial charge in [-0.05, 0) is 19.1 Å². The number of rotatable bonds is 4. The Morgan fingerprint density at radius 3 is 2.88 bits per heavy atom. The average molecular weight is 134 g/mol. The largest absolute Gasteiger partial charge is 0.465 e. The van der Waals surface area contributed by atoms with Crippen LogP contribution in [0, 0.1) is 0 Å². The van der Waals surface area contributed by atoms with Crippen LogP contribution in [0.25, 0.3) is 0 Å². The molecule has 3 heteroatoms. The molecule has 1 unspecified atom stereocenters. The summed E-state index contributed by atoms with van der Waals surface area (Å²) in [5.41, 5.74) is 0. The minimum atomic E-state index is 0.0185. The van der Waals surface area contributed by atoms with Gasteiger partial charge < -0.3 is 4.74 Å². The molecule has 0 spiro atoms. The molecule has 0 N–H and O–H groups in total. The van der Waals surface area contributed by atoms with Crippen LogP contribution in [0.4, 0.5) is 0 Å². The summed E-state index contributed by atoms with van der Waals surface area (Å²) in [6.45, 7) is 2.30. The van der Waals surface area contributed by atoms with Gasteiger partial charge in [0.1, 0.15) is 0 Å².